The highest BCUT2D eigenvalue weighted by atomic mass is 35.5. The Balaban J connectivity index is 1.21. The van der Waals surface area contributed by atoms with Crippen molar-refractivity contribution in [2.24, 2.45) is 16.9 Å². The second-order valence-electron chi connectivity index (χ2n) is 9.62. The van der Waals surface area contributed by atoms with Crippen molar-refractivity contribution in [1.82, 2.24) is 5.01 Å². The van der Waals surface area contributed by atoms with Crippen LogP contribution in [0, 0.1) is 22.0 Å². The van der Waals surface area contributed by atoms with Crippen molar-refractivity contribution in [1.29, 1.82) is 0 Å². The lowest BCUT2D eigenvalue weighted by molar-refractivity contribution is -0.384. The van der Waals surface area contributed by atoms with Crippen LogP contribution in [0.3, 0.4) is 0 Å². The Labute approximate surface area is 221 Å². The zero-order chi connectivity index (χ0) is 26.1. The summed E-state index contributed by atoms with van der Waals surface area (Å²) in [7, 11) is 0. The van der Waals surface area contributed by atoms with Gasteiger partial charge in [-0.05, 0) is 40.5 Å². The van der Waals surface area contributed by atoms with E-state index in [1.807, 2.05) is 24.3 Å². The van der Waals surface area contributed by atoms with Gasteiger partial charge in [-0.3, -0.25) is 19.7 Å². The average Bonchev–Trinajstić information content (AvgIpc) is 3.50. The third kappa shape index (κ3) is 3.13. The van der Waals surface area contributed by atoms with Gasteiger partial charge in [0.05, 0.1) is 28.0 Å². The van der Waals surface area contributed by atoms with E-state index < -0.39 is 16.8 Å². The van der Waals surface area contributed by atoms with E-state index in [2.05, 4.69) is 29.4 Å². The molecule has 1 aromatic heterocycles. The summed E-state index contributed by atoms with van der Waals surface area (Å²) in [5.41, 5.74) is 4.74. The van der Waals surface area contributed by atoms with E-state index in [9.17, 15) is 19.7 Å². The van der Waals surface area contributed by atoms with Crippen LogP contribution in [0.2, 0.25) is 5.02 Å². The number of nitro benzene ring substituents is 1. The molecule has 8 nitrogen and oxygen atoms in total. The van der Waals surface area contributed by atoms with Gasteiger partial charge in [0.2, 0.25) is 0 Å². The zero-order valence-corrected chi connectivity index (χ0v) is 20.4. The van der Waals surface area contributed by atoms with Gasteiger partial charge in [0, 0.05) is 29.5 Å². The van der Waals surface area contributed by atoms with Gasteiger partial charge in [-0.25, -0.2) is 0 Å². The summed E-state index contributed by atoms with van der Waals surface area (Å²) in [5.74, 6) is -1.38. The van der Waals surface area contributed by atoms with Crippen LogP contribution in [0.25, 0.3) is 11.3 Å². The fourth-order valence-corrected chi connectivity index (χ4v) is 6.54. The molecule has 3 aliphatic carbocycles. The van der Waals surface area contributed by atoms with E-state index in [4.69, 9.17) is 16.0 Å². The first-order valence-electron chi connectivity index (χ1n) is 12.1. The number of carbonyl (C=O) groups is 2. The van der Waals surface area contributed by atoms with E-state index in [1.165, 1.54) is 24.4 Å². The molecule has 2 atom stereocenters. The number of furan rings is 1. The Hall–Kier alpha value is -4.56. The molecule has 186 valence electrons. The smallest absolute Gasteiger partial charge is 0.270 e. The molecular formula is C29H18ClN3O5. The van der Waals surface area contributed by atoms with E-state index in [0.717, 1.165) is 27.3 Å². The maximum atomic E-state index is 13.6. The van der Waals surface area contributed by atoms with E-state index in [-0.39, 0.29) is 34.4 Å². The average molecular weight is 524 g/mol. The number of benzene rings is 3. The number of nitro groups is 1. The molecule has 1 saturated heterocycles. The first-order valence-corrected chi connectivity index (χ1v) is 12.5. The van der Waals surface area contributed by atoms with Crippen LogP contribution in [0.1, 0.15) is 39.8 Å². The monoisotopic (exact) mass is 523 g/mol. The van der Waals surface area contributed by atoms with Crippen LogP contribution < -0.4 is 0 Å². The highest BCUT2D eigenvalue weighted by Gasteiger charge is 2.61. The van der Waals surface area contributed by atoms with Gasteiger partial charge in [0.1, 0.15) is 11.5 Å². The number of hydrogen-bond donors (Lipinski definition) is 0. The van der Waals surface area contributed by atoms with Gasteiger partial charge in [-0.15, -0.1) is 0 Å². The number of amides is 2. The molecule has 1 aliphatic heterocycles. The molecule has 2 bridgehead atoms. The third-order valence-corrected chi connectivity index (χ3v) is 8.09. The second kappa shape index (κ2) is 8.22. The molecule has 0 unspecified atom stereocenters. The summed E-state index contributed by atoms with van der Waals surface area (Å²) in [6, 6.07) is 23.5. The lowest BCUT2D eigenvalue weighted by atomic mass is 9.55. The molecule has 9 heteroatoms. The SMILES string of the molecule is O=C1[C@H]2C3c4ccccc4C(c4ccccc43)[C@@H]2C(=O)N1/N=C\c1ccc(-c2ccc([N+](=O)[O-])cc2Cl)o1. The van der Waals surface area contributed by atoms with Gasteiger partial charge in [0.25, 0.3) is 17.5 Å². The first-order chi connectivity index (χ1) is 18.4. The maximum Gasteiger partial charge on any atom is 0.270 e. The van der Waals surface area contributed by atoms with Gasteiger partial charge in [0.15, 0.2) is 0 Å². The second-order valence-corrected chi connectivity index (χ2v) is 10.0. The van der Waals surface area contributed by atoms with E-state index in [0.29, 0.717) is 17.1 Å². The van der Waals surface area contributed by atoms with Gasteiger partial charge >= 0.3 is 0 Å². The lowest BCUT2D eigenvalue weighted by Crippen LogP contribution is -2.41. The van der Waals surface area contributed by atoms with Crippen molar-refractivity contribution in [2.75, 3.05) is 0 Å². The number of carbonyl (C=O) groups excluding carboxylic acids is 2. The molecule has 4 aliphatic rings. The van der Waals surface area contributed by atoms with Crippen LogP contribution in [0.4, 0.5) is 5.69 Å². The largest absolute Gasteiger partial charge is 0.455 e. The van der Waals surface area contributed by atoms with Crippen molar-refractivity contribution >= 4 is 35.3 Å². The fraction of sp³-hybridized carbons (Fsp3) is 0.138. The van der Waals surface area contributed by atoms with Crippen LogP contribution >= 0.6 is 11.6 Å². The minimum atomic E-state index is -0.527. The van der Waals surface area contributed by atoms with Crippen LogP contribution in [-0.4, -0.2) is 28.0 Å². The molecule has 2 heterocycles. The standard InChI is InChI=1S/C29H18ClN3O5/c30-22-13-15(33(36)37)9-11-21(22)23-12-10-16(38-23)14-31-32-28(34)26-24-17-5-1-2-6-18(17)25(27(26)29(32)35)20-8-4-3-7-19(20)24/h1-14,24-27H/b31-14-/t24?,25?,26-,27-/m0/s1. The summed E-state index contributed by atoms with van der Waals surface area (Å²) in [5, 5.41) is 16.4. The summed E-state index contributed by atoms with van der Waals surface area (Å²) in [6.07, 6.45) is 1.33. The number of non-ortho nitro benzene ring substituents is 1. The van der Waals surface area contributed by atoms with E-state index in [1.54, 1.807) is 12.1 Å². The fourth-order valence-electron chi connectivity index (χ4n) is 6.27. The highest BCUT2D eigenvalue weighted by Crippen LogP contribution is 2.60. The normalized spacial score (nSPS) is 23.0. The Morgan fingerprint density at radius 3 is 1.89 bits per heavy atom. The van der Waals surface area contributed by atoms with Crippen molar-refractivity contribution in [2.45, 2.75) is 11.8 Å². The molecule has 0 N–H and O–H groups in total. The molecule has 1 fully saturated rings. The number of imide groups is 1. The summed E-state index contributed by atoms with van der Waals surface area (Å²) in [4.78, 5) is 37.7. The molecule has 0 radical (unpaired) electrons. The molecular weight excluding hydrogens is 506 g/mol. The van der Waals surface area contributed by atoms with Crippen molar-refractivity contribution < 1.29 is 18.9 Å². The molecule has 0 spiro atoms. The Morgan fingerprint density at radius 1 is 0.842 bits per heavy atom. The Kier molecular flexibility index (Phi) is 4.90. The quantitative estimate of drug-likeness (QED) is 0.147. The van der Waals surface area contributed by atoms with Crippen LogP contribution in [0.15, 0.2) is 88.4 Å². The molecule has 2 amide bonds. The molecule has 38 heavy (non-hydrogen) atoms. The van der Waals surface area contributed by atoms with Crippen molar-refractivity contribution in [3.05, 3.63) is 122 Å². The Bertz CT molecular complexity index is 1590. The third-order valence-electron chi connectivity index (χ3n) is 7.78. The van der Waals surface area contributed by atoms with Crippen LogP contribution in [0.5, 0.6) is 0 Å². The summed E-state index contributed by atoms with van der Waals surface area (Å²) >= 11 is 6.22. The lowest BCUT2D eigenvalue weighted by Gasteiger charge is -2.45. The predicted octanol–water partition coefficient (Wildman–Crippen LogP) is 5.73. The number of rotatable bonds is 4. The van der Waals surface area contributed by atoms with E-state index >= 15 is 0 Å². The summed E-state index contributed by atoms with van der Waals surface area (Å²) in [6.45, 7) is 0. The minimum absolute atomic E-state index is 0.127. The van der Waals surface area contributed by atoms with Crippen LogP contribution in [-0.2, 0) is 9.59 Å². The number of hydrogen-bond acceptors (Lipinski definition) is 6. The van der Waals surface area contributed by atoms with Gasteiger partial charge < -0.3 is 4.42 Å². The van der Waals surface area contributed by atoms with Crippen molar-refractivity contribution in [3.8, 4) is 11.3 Å². The highest BCUT2D eigenvalue weighted by molar-refractivity contribution is 6.33. The molecule has 8 rings (SSSR count). The predicted molar refractivity (Wildman–Crippen MR) is 139 cm³/mol. The summed E-state index contributed by atoms with van der Waals surface area (Å²) < 4.78 is 5.80. The zero-order valence-electron chi connectivity index (χ0n) is 19.7. The minimum Gasteiger partial charge on any atom is -0.455 e. The maximum absolute atomic E-state index is 13.6. The first kappa shape index (κ1) is 22.6. The van der Waals surface area contributed by atoms with Crippen molar-refractivity contribution in [3.63, 3.8) is 0 Å². The molecule has 0 saturated carbocycles. The topological polar surface area (TPSA) is 106 Å². The molecule has 4 aromatic rings. The van der Waals surface area contributed by atoms with Gasteiger partial charge in [-0.1, -0.05) is 60.1 Å². The number of nitrogens with zero attached hydrogens (tertiary/aromatic N) is 3. The number of hydrazone groups is 1. The number of halogens is 1. The Morgan fingerprint density at radius 2 is 1.39 bits per heavy atom. The van der Waals surface area contributed by atoms with Gasteiger partial charge in [-0.2, -0.15) is 10.1 Å². The molecule has 3 aromatic carbocycles.